The molecule has 4 aliphatic rings. The first-order valence-corrected chi connectivity index (χ1v) is 4.44. The fourth-order valence-electron chi connectivity index (χ4n) is 3.37. The zero-order chi connectivity index (χ0) is 7.59. The van der Waals surface area contributed by atoms with Crippen LogP contribution in [0, 0.1) is 23.7 Å². The molecule has 0 spiro atoms. The molecule has 0 aromatic carbocycles. The van der Waals surface area contributed by atoms with Crippen molar-refractivity contribution in [2.45, 2.75) is 25.9 Å². The Hall–Kier alpha value is -0.530. The van der Waals surface area contributed by atoms with E-state index in [-0.39, 0.29) is 5.97 Å². The lowest BCUT2D eigenvalue weighted by atomic mass is 10.1. The minimum absolute atomic E-state index is 0.0896. The highest BCUT2D eigenvalue weighted by Crippen LogP contribution is 2.71. The van der Waals surface area contributed by atoms with E-state index in [2.05, 4.69) is 0 Å². The topological polar surface area (TPSA) is 26.3 Å². The summed E-state index contributed by atoms with van der Waals surface area (Å²) in [5.74, 6) is 3.32. The highest BCUT2D eigenvalue weighted by Gasteiger charge is 2.69. The number of hydrogen-bond acceptors (Lipinski definition) is 2. The van der Waals surface area contributed by atoms with E-state index in [1.807, 2.05) is 0 Å². The highest BCUT2D eigenvalue weighted by atomic mass is 16.5. The van der Waals surface area contributed by atoms with E-state index in [1.165, 1.54) is 19.8 Å². The summed E-state index contributed by atoms with van der Waals surface area (Å²) in [5.41, 5.74) is 0. The van der Waals surface area contributed by atoms with Gasteiger partial charge in [0.1, 0.15) is 6.10 Å². The Bertz CT molecular complexity index is 210. The number of ether oxygens (including phenoxy) is 1. The Labute approximate surface area is 65.9 Å². The first kappa shape index (κ1) is 6.04. The van der Waals surface area contributed by atoms with Crippen LogP contribution in [0.25, 0.3) is 0 Å². The molecule has 0 aromatic rings. The molecule has 4 saturated carbocycles. The molecule has 0 aliphatic heterocycles. The van der Waals surface area contributed by atoms with Crippen LogP contribution in [0.2, 0.25) is 0 Å². The zero-order valence-corrected chi connectivity index (χ0v) is 6.62. The van der Waals surface area contributed by atoms with Gasteiger partial charge in [-0.15, -0.1) is 0 Å². The molecule has 2 heteroatoms. The first-order chi connectivity index (χ1) is 5.27. The molecule has 0 radical (unpaired) electrons. The highest BCUT2D eigenvalue weighted by molar-refractivity contribution is 5.66. The maximum atomic E-state index is 10.7. The van der Waals surface area contributed by atoms with Crippen LogP contribution < -0.4 is 0 Å². The smallest absolute Gasteiger partial charge is 0.302 e. The van der Waals surface area contributed by atoms with E-state index in [0.717, 1.165) is 23.7 Å². The lowest BCUT2D eigenvalue weighted by molar-refractivity contribution is -0.148. The summed E-state index contributed by atoms with van der Waals surface area (Å²) in [6.07, 6.45) is 3.00. The van der Waals surface area contributed by atoms with Gasteiger partial charge in [0.25, 0.3) is 0 Å². The lowest BCUT2D eigenvalue weighted by Crippen LogP contribution is -2.19. The van der Waals surface area contributed by atoms with Gasteiger partial charge in [-0.05, 0) is 30.6 Å². The fraction of sp³-hybridized carbons (Fsp3) is 0.889. The van der Waals surface area contributed by atoms with Gasteiger partial charge in [-0.3, -0.25) is 4.79 Å². The van der Waals surface area contributed by atoms with Crippen LogP contribution in [0.1, 0.15) is 19.8 Å². The molecule has 2 nitrogen and oxygen atoms in total. The largest absolute Gasteiger partial charge is 0.462 e. The molecule has 4 aliphatic carbocycles. The van der Waals surface area contributed by atoms with E-state index in [4.69, 9.17) is 4.74 Å². The molecule has 4 fully saturated rings. The van der Waals surface area contributed by atoms with Crippen molar-refractivity contribution in [3.8, 4) is 0 Å². The number of carbonyl (C=O) groups is 1. The predicted molar refractivity (Wildman–Crippen MR) is 38.7 cm³/mol. The van der Waals surface area contributed by atoms with Crippen molar-refractivity contribution in [3.05, 3.63) is 0 Å². The van der Waals surface area contributed by atoms with Crippen molar-refractivity contribution in [1.29, 1.82) is 0 Å². The van der Waals surface area contributed by atoms with Gasteiger partial charge in [0, 0.05) is 12.8 Å². The maximum Gasteiger partial charge on any atom is 0.302 e. The van der Waals surface area contributed by atoms with Crippen molar-refractivity contribution in [2.75, 3.05) is 0 Å². The Morgan fingerprint density at radius 3 is 2.36 bits per heavy atom. The van der Waals surface area contributed by atoms with E-state index >= 15 is 0 Å². The third-order valence-corrected chi connectivity index (χ3v) is 3.69. The molecule has 3 atom stereocenters. The van der Waals surface area contributed by atoms with Crippen molar-refractivity contribution in [1.82, 2.24) is 0 Å². The average Bonchev–Trinajstić information content (AvgIpc) is 2.30. The van der Waals surface area contributed by atoms with Crippen LogP contribution in [-0.4, -0.2) is 12.1 Å². The van der Waals surface area contributed by atoms with Gasteiger partial charge in [-0.2, -0.15) is 0 Å². The van der Waals surface area contributed by atoms with Crippen LogP contribution >= 0.6 is 0 Å². The second kappa shape index (κ2) is 1.62. The second-order valence-corrected chi connectivity index (χ2v) is 4.21. The summed E-state index contributed by atoms with van der Waals surface area (Å²) in [6, 6.07) is 0. The second-order valence-electron chi connectivity index (χ2n) is 4.21. The van der Waals surface area contributed by atoms with Crippen molar-refractivity contribution >= 4 is 5.97 Å². The Morgan fingerprint density at radius 1 is 1.36 bits per heavy atom. The predicted octanol–water partition coefficient (Wildman–Crippen LogP) is 1.20. The Balaban J connectivity index is 1.77. The van der Waals surface area contributed by atoms with E-state index < -0.39 is 0 Å². The molecule has 0 heterocycles. The summed E-state index contributed by atoms with van der Waals surface area (Å²) in [5, 5.41) is 0. The van der Waals surface area contributed by atoms with Crippen LogP contribution in [-0.2, 0) is 9.53 Å². The lowest BCUT2D eigenvalue weighted by Gasteiger charge is -2.13. The zero-order valence-electron chi connectivity index (χ0n) is 6.62. The first-order valence-electron chi connectivity index (χ1n) is 4.44. The van der Waals surface area contributed by atoms with Crippen molar-refractivity contribution in [3.63, 3.8) is 0 Å². The Morgan fingerprint density at radius 2 is 2.00 bits per heavy atom. The van der Waals surface area contributed by atoms with Gasteiger partial charge in [0.05, 0.1) is 0 Å². The fourth-order valence-corrected chi connectivity index (χ4v) is 3.37. The number of rotatable bonds is 1. The summed E-state index contributed by atoms with van der Waals surface area (Å²) < 4.78 is 5.28. The van der Waals surface area contributed by atoms with Gasteiger partial charge < -0.3 is 4.74 Å². The van der Waals surface area contributed by atoms with Crippen LogP contribution in [0.4, 0.5) is 0 Å². The summed E-state index contributed by atoms with van der Waals surface area (Å²) in [6.45, 7) is 1.52. The summed E-state index contributed by atoms with van der Waals surface area (Å²) in [7, 11) is 0. The molecule has 0 N–H and O–H groups in total. The molecule has 60 valence electrons. The number of hydrogen-bond donors (Lipinski definition) is 0. The molecule has 0 saturated heterocycles. The molecule has 0 aromatic heterocycles. The van der Waals surface area contributed by atoms with E-state index in [1.54, 1.807) is 0 Å². The monoisotopic (exact) mass is 152 g/mol. The Kier molecular flexibility index (Phi) is 0.890. The van der Waals surface area contributed by atoms with Gasteiger partial charge in [0.15, 0.2) is 0 Å². The molecule has 0 unspecified atom stereocenters. The number of esters is 1. The molecular formula is C9H12O2. The molecule has 0 amide bonds. The quantitative estimate of drug-likeness (QED) is 0.528. The molecule has 4 bridgehead atoms. The maximum absolute atomic E-state index is 10.7. The standard InChI is InChI=1S/C9H12O2/c1-4(10)11-9-5-2-6-7(3-5)8(6)9/h5-9H,2-3H2,1H3/t5?,6-,7-,8?,9-/m1/s1. The van der Waals surface area contributed by atoms with Crippen molar-refractivity contribution in [2.24, 2.45) is 23.7 Å². The van der Waals surface area contributed by atoms with E-state index in [9.17, 15) is 4.79 Å². The van der Waals surface area contributed by atoms with Gasteiger partial charge in [0.2, 0.25) is 0 Å². The van der Waals surface area contributed by atoms with Gasteiger partial charge in [-0.1, -0.05) is 0 Å². The SMILES string of the molecule is CC(=O)O[C@@H]1C2C[C@H]3C1[C@@H]3C2. The third-order valence-electron chi connectivity index (χ3n) is 3.69. The average molecular weight is 152 g/mol. The molecule has 11 heavy (non-hydrogen) atoms. The van der Waals surface area contributed by atoms with Crippen molar-refractivity contribution < 1.29 is 9.53 Å². The summed E-state index contributed by atoms with van der Waals surface area (Å²) >= 11 is 0. The van der Waals surface area contributed by atoms with Crippen LogP contribution in [0.3, 0.4) is 0 Å². The van der Waals surface area contributed by atoms with Gasteiger partial charge >= 0.3 is 5.97 Å². The van der Waals surface area contributed by atoms with Gasteiger partial charge in [-0.25, -0.2) is 0 Å². The third kappa shape index (κ3) is 0.608. The summed E-state index contributed by atoms with van der Waals surface area (Å²) in [4.78, 5) is 10.7. The van der Waals surface area contributed by atoms with Crippen LogP contribution in [0.15, 0.2) is 0 Å². The van der Waals surface area contributed by atoms with Crippen LogP contribution in [0.5, 0.6) is 0 Å². The molecular weight excluding hydrogens is 140 g/mol. The normalized spacial score (nSPS) is 56.3. The number of carbonyl (C=O) groups excluding carboxylic acids is 1. The van der Waals surface area contributed by atoms with E-state index in [0.29, 0.717) is 6.10 Å². The minimum atomic E-state index is -0.0896. The molecule has 4 rings (SSSR count). The minimum Gasteiger partial charge on any atom is -0.462 e.